The molecule has 182 valence electrons. The first-order valence-electron chi connectivity index (χ1n) is 12.0. The summed E-state index contributed by atoms with van der Waals surface area (Å²) in [7, 11) is 0. The minimum Gasteiger partial charge on any atom is -0.445 e. The van der Waals surface area contributed by atoms with E-state index in [-0.39, 0.29) is 22.5 Å². The van der Waals surface area contributed by atoms with Gasteiger partial charge in [0.05, 0.1) is 22.4 Å². The third-order valence-electron chi connectivity index (χ3n) is 6.36. The Kier molecular flexibility index (Phi) is 6.47. The summed E-state index contributed by atoms with van der Waals surface area (Å²) >= 11 is 0. The maximum Gasteiger partial charge on any atom is 0.339 e. The number of aryl methyl sites for hydroxylation is 1. The van der Waals surface area contributed by atoms with Gasteiger partial charge in [0.2, 0.25) is 5.78 Å². The summed E-state index contributed by atoms with van der Waals surface area (Å²) in [6.07, 6.45) is -0.521. The third-order valence-corrected chi connectivity index (χ3v) is 6.36. The van der Waals surface area contributed by atoms with E-state index in [2.05, 4.69) is 0 Å². The van der Waals surface area contributed by atoms with E-state index in [4.69, 9.17) is 4.74 Å². The number of fused-ring (bicyclic) bond motifs is 1. The lowest BCUT2D eigenvalue weighted by Crippen LogP contribution is -2.30. The molecule has 0 bridgehead atoms. The molecule has 0 saturated carbocycles. The Morgan fingerprint density at radius 3 is 2.05 bits per heavy atom. The first-order chi connectivity index (χ1) is 18.0. The number of amides is 2. The van der Waals surface area contributed by atoms with Crippen LogP contribution in [0.15, 0.2) is 103 Å². The molecule has 1 atom stereocenters. The molecule has 0 fully saturated rings. The predicted octanol–water partition coefficient (Wildman–Crippen LogP) is 5.83. The topological polar surface area (TPSA) is 80.8 Å². The normalized spacial score (nSPS) is 13.3. The van der Waals surface area contributed by atoms with Gasteiger partial charge in [0.15, 0.2) is 6.10 Å². The first kappa shape index (κ1) is 23.9. The van der Waals surface area contributed by atoms with Crippen LogP contribution in [0.2, 0.25) is 0 Å². The number of para-hydroxylation sites is 1. The van der Waals surface area contributed by atoms with Crippen LogP contribution in [0, 0.1) is 0 Å². The van der Waals surface area contributed by atoms with Crippen molar-refractivity contribution in [2.75, 3.05) is 4.90 Å². The van der Waals surface area contributed by atoms with E-state index in [1.54, 1.807) is 72.8 Å². The average molecular weight is 490 g/mol. The van der Waals surface area contributed by atoms with E-state index in [0.717, 1.165) is 10.5 Å². The zero-order chi connectivity index (χ0) is 25.9. The van der Waals surface area contributed by atoms with Gasteiger partial charge in [-0.3, -0.25) is 14.4 Å². The van der Waals surface area contributed by atoms with Crippen molar-refractivity contribution >= 4 is 29.3 Å². The summed E-state index contributed by atoms with van der Waals surface area (Å²) in [4.78, 5) is 54.0. The highest BCUT2D eigenvalue weighted by Crippen LogP contribution is 2.32. The number of imide groups is 1. The second kappa shape index (κ2) is 10.0. The van der Waals surface area contributed by atoms with Crippen molar-refractivity contribution in [3.8, 4) is 0 Å². The van der Waals surface area contributed by atoms with Crippen molar-refractivity contribution in [1.29, 1.82) is 0 Å². The Hall–Kier alpha value is -4.84. The SMILES string of the molecule is CCc1ccccc1N1C(=O)c2ccc(C(=O)O[C@@H](C(=O)c3ccccc3)c3ccccc3)cc2C1=O. The van der Waals surface area contributed by atoms with E-state index in [0.29, 0.717) is 23.2 Å². The molecule has 1 aliphatic rings. The van der Waals surface area contributed by atoms with Gasteiger partial charge >= 0.3 is 5.97 Å². The van der Waals surface area contributed by atoms with Crippen LogP contribution in [-0.4, -0.2) is 23.6 Å². The number of ether oxygens (including phenoxy) is 1. The number of hydrogen-bond donors (Lipinski definition) is 0. The number of Topliss-reactive ketones (excluding diaryl/α,β-unsaturated/α-hetero) is 1. The van der Waals surface area contributed by atoms with Gasteiger partial charge < -0.3 is 4.74 Å². The van der Waals surface area contributed by atoms with Gasteiger partial charge in [-0.1, -0.05) is 85.8 Å². The number of carbonyl (C=O) groups excluding carboxylic acids is 4. The molecule has 5 rings (SSSR count). The van der Waals surface area contributed by atoms with Crippen molar-refractivity contribution in [1.82, 2.24) is 0 Å². The fourth-order valence-electron chi connectivity index (χ4n) is 4.44. The molecule has 2 amide bonds. The highest BCUT2D eigenvalue weighted by atomic mass is 16.5. The predicted molar refractivity (Wildman–Crippen MR) is 139 cm³/mol. The second-order valence-corrected chi connectivity index (χ2v) is 8.61. The van der Waals surface area contributed by atoms with Crippen LogP contribution in [0.1, 0.15) is 65.6 Å². The summed E-state index contributed by atoms with van der Waals surface area (Å²) < 4.78 is 5.71. The van der Waals surface area contributed by atoms with Crippen molar-refractivity contribution in [3.63, 3.8) is 0 Å². The highest BCUT2D eigenvalue weighted by Gasteiger charge is 2.38. The largest absolute Gasteiger partial charge is 0.445 e. The molecule has 0 radical (unpaired) electrons. The van der Waals surface area contributed by atoms with E-state index in [9.17, 15) is 19.2 Å². The lowest BCUT2D eigenvalue weighted by Gasteiger charge is -2.18. The Balaban J connectivity index is 1.45. The average Bonchev–Trinajstić information content (AvgIpc) is 3.20. The minimum absolute atomic E-state index is 0.0762. The Labute approximate surface area is 214 Å². The molecule has 6 heteroatoms. The monoisotopic (exact) mass is 489 g/mol. The van der Waals surface area contributed by atoms with E-state index in [1.165, 1.54) is 18.2 Å². The Morgan fingerprint density at radius 2 is 1.35 bits per heavy atom. The molecule has 0 aromatic heterocycles. The van der Waals surface area contributed by atoms with E-state index >= 15 is 0 Å². The fourth-order valence-corrected chi connectivity index (χ4v) is 4.44. The summed E-state index contributed by atoms with van der Waals surface area (Å²) in [6.45, 7) is 1.95. The first-order valence-corrected chi connectivity index (χ1v) is 12.0. The standard InChI is InChI=1S/C31H23NO5/c1-2-20-11-9-10-16-26(20)32-29(34)24-18-17-23(19-25(24)30(32)35)31(36)37-28(22-14-7-4-8-15-22)27(33)21-12-5-3-6-13-21/h3-19,28H,2H2,1H3/t28-/m1/s1. The lowest BCUT2D eigenvalue weighted by atomic mass is 9.99. The number of hydrogen-bond acceptors (Lipinski definition) is 5. The highest BCUT2D eigenvalue weighted by molar-refractivity contribution is 6.35. The Bertz CT molecular complexity index is 1510. The Morgan fingerprint density at radius 1 is 0.730 bits per heavy atom. The molecule has 0 aliphatic carbocycles. The van der Waals surface area contributed by atoms with Gasteiger partial charge in [0.25, 0.3) is 11.8 Å². The van der Waals surface area contributed by atoms with Crippen molar-refractivity contribution in [2.24, 2.45) is 0 Å². The van der Waals surface area contributed by atoms with Gasteiger partial charge in [-0.25, -0.2) is 9.69 Å². The molecule has 0 unspecified atom stereocenters. The summed E-state index contributed by atoms with van der Waals surface area (Å²) in [5.41, 5.74) is 2.74. The molecule has 6 nitrogen and oxygen atoms in total. The zero-order valence-electron chi connectivity index (χ0n) is 20.1. The van der Waals surface area contributed by atoms with Crippen molar-refractivity contribution in [2.45, 2.75) is 19.4 Å². The fraction of sp³-hybridized carbons (Fsp3) is 0.0968. The molecule has 37 heavy (non-hydrogen) atoms. The minimum atomic E-state index is -1.17. The molecule has 4 aromatic carbocycles. The van der Waals surface area contributed by atoms with Crippen molar-refractivity contribution in [3.05, 3.63) is 137 Å². The van der Waals surface area contributed by atoms with Crippen LogP contribution < -0.4 is 4.90 Å². The van der Waals surface area contributed by atoms with Gasteiger partial charge in [0, 0.05) is 11.1 Å². The van der Waals surface area contributed by atoms with Crippen LogP contribution >= 0.6 is 0 Å². The van der Waals surface area contributed by atoms with Gasteiger partial charge in [0.1, 0.15) is 0 Å². The molecule has 1 heterocycles. The van der Waals surface area contributed by atoms with Crippen LogP contribution in [-0.2, 0) is 11.2 Å². The summed E-state index contributed by atoms with van der Waals surface area (Å²) in [5.74, 6) is -2.08. The summed E-state index contributed by atoms with van der Waals surface area (Å²) in [6, 6.07) is 28.8. The van der Waals surface area contributed by atoms with E-state index < -0.39 is 23.9 Å². The summed E-state index contributed by atoms with van der Waals surface area (Å²) in [5, 5.41) is 0. The smallest absolute Gasteiger partial charge is 0.339 e. The van der Waals surface area contributed by atoms with Gasteiger partial charge in [-0.15, -0.1) is 0 Å². The maximum absolute atomic E-state index is 13.3. The van der Waals surface area contributed by atoms with Crippen LogP contribution in [0.3, 0.4) is 0 Å². The third kappa shape index (κ3) is 4.45. The lowest BCUT2D eigenvalue weighted by molar-refractivity contribution is 0.0280. The molecule has 4 aromatic rings. The number of rotatable bonds is 7. The van der Waals surface area contributed by atoms with Gasteiger partial charge in [-0.2, -0.15) is 0 Å². The van der Waals surface area contributed by atoms with Crippen molar-refractivity contribution < 1.29 is 23.9 Å². The molecule has 1 aliphatic heterocycles. The number of ketones is 1. The second-order valence-electron chi connectivity index (χ2n) is 8.61. The van der Waals surface area contributed by atoms with Crippen LogP contribution in [0.25, 0.3) is 0 Å². The molecular weight excluding hydrogens is 466 g/mol. The quantitative estimate of drug-likeness (QED) is 0.185. The number of nitrogens with zero attached hydrogens (tertiary/aromatic N) is 1. The number of anilines is 1. The molecular formula is C31H23NO5. The zero-order valence-corrected chi connectivity index (χ0v) is 20.1. The molecule has 0 saturated heterocycles. The number of esters is 1. The maximum atomic E-state index is 13.3. The van der Waals surface area contributed by atoms with Crippen LogP contribution in [0.5, 0.6) is 0 Å². The van der Waals surface area contributed by atoms with E-state index in [1.807, 2.05) is 19.1 Å². The number of carbonyl (C=O) groups is 4. The molecule has 0 spiro atoms. The van der Waals surface area contributed by atoms with Gasteiger partial charge in [-0.05, 0) is 36.2 Å². The van der Waals surface area contributed by atoms with Crippen LogP contribution in [0.4, 0.5) is 5.69 Å². The number of benzene rings is 4. The molecule has 0 N–H and O–H groups in total.